The third-order valence-electron chi connectivity index (χ3n) is 5.44. The predicted octanol–water partition coefficient (Wildman–Crippen LogP) is 5.53. The fraction of sp³-hybridized carbons (Fsp3) is 0.192. The number of carbonyl (C=O) groups excluding carboxylic acids is 2. The minimum Gasteiger partial charge on any atom is -0.341 e. The van der Waals surface area contributed by atoms with Crippen molar-refractivity contribution in [1.29, 1.82) is 0 Å². The van der Waals surface area contributed by atoms with Gasteiger partial charge in [0.05, 0.1) is 12.8 Å². The quantitative estimate of drug-likeness (QED) is 0.281. The zero-order valence-electron chi connectivity index (χ0n) is 18.6. The van der Waals surface area contributed by atoms with Gasteiger partial charge in [-0.25, -0.2) is 5.43 Å². The van der Waals surface area contributed by atoms with Crippen molar-refractivity contribution in [2.24, 2.45) is 5.10 Å². The van der Waals surface area contributed by atoms with Crippen molar-refractivity contribution < 1.29 is 9.59 Å². The molecule has 6 nitrogen and oxygen atoms in total. The van der Waals surface area contributed by atoms with Gasteiger partial charge in [0.1, 0.15) is 0 Å². The first-order valence-corrected chi connectivity index (χ1v) is 11.2. The van der Waals surface area contributed by atoms with Crippen molar-refractivity contribution in [3.05, 3.63) is 77.3 Å². The Bertz CT molecular complexity index is 1360. The molecule has 0 aliphatic heterocycles. The summed E-state index contributed by atoms with van der Waals surface area (Å²) in [5.74, 6) is -0.448. The largest absolute Gasteiger partial charge is 0.341 e. The van der Waals surface area contributed by atoms with E-state index in [-0.39, 0.29) is 24.7 Å². The van der Waals surface area contributed by atoms with Crippen LogP contribution in [0.4, 0.5) is 5.69 Å². The molecule has 4 aromatic rings. The van der Waals surface area contributed by atoms with Crippen LogP contribution in [0.2, 0.25) is 5.02 Å². The highest BCUT2D eigenvalue weighted by Gasteiger charge is 2.11. The number of aromatic nitrogens is 1. The summed E-state index contributed by atoms with van der Waals surface area (Å²) < 4.78 is 2.26. The van der Waals surface area contributed by atoms with E-state index in [0.717, 1.165) is 34.1 Å². The number of aryl methyl sites for hydroxylation is 1. The van der Waals surface area contributed by atoms with Crippen molar-refractivity contribution in [3.8, 4) is 0 Å². The SMILES string of the molecule is CCn1c2ccccc2c2cc(NC(=O)C/C(C)=N/NC(=O)Cc3ccc(Cl)cc3)ccc21. The van der Waals surface area contributed by atoms with Crippen LogP contribution in [0.1, 0.15) is 25.8 Å². The number of fused-ring (bicyclic) bond motifs is 3. The summed E-state index contributed by atoms with van der Waals surface area (Å²) in [7, 11) is 0. The Kier molecular flexibility index (Phi) is 6.75. The standard InChI is InChI=1S/C26H25ClN4O2/c1-3-31-23-7-5-4-6-21(23)22-16-20(12-13-24(22)31)28-25(32)14-17(2)29-30-26(33)15-18-8-10-19(27)11-9-18/h4-13,16H,3,14-15H2,1-2H3,(H,28,32)(H,30,33)/b29-17+. The molecule has 0 fully saturated rings. The molecule has 7 heteroatoms. The molecular formula is C26H25ClN4O2. The van der Waals surface area contributed by atoms with E-state index in [4.69, 9.17) is 11.6 Å². The smallest absolute Gasteiger partial charge is 0.244 e. The number of amides is 2. The molecule has 4 rings (SSSR count). The lowest BCUT2D eigenvalue weighted by molar-refractivity contribution is -0.120. The molecule has 168 valence electrons. The molecule has 33 heavy (non-hydrogen) atoms. The van der Waals surface area contributed by atoms with Gasteiger partial charge in [-0.1, -0.05) is 41.9 Å². The minimum absolute atomic E-state index is 0.0793. The number of anilines is 1. The summed E-state index contributed by atoms with van der Waals surface area (Å²) in [6, 6.07) is 21.3. The van der Waals surface area contributed by atoms with E-state index in [0.29, 0.717) is 10.7 Å². The maximum absolute atomic E-state index is 12.5. The zero-order chi connectivity index (χ0) is 23.4. The first kappa shape index (κ1) is 22.6. The fourth-order valence-electron chi connectivity index (χ4n) is 3.93. The van der Waals surface area contributed by atoms with Crippen molar-refractivity contribution in [1.82, 2.24) is 9.99 Å². The minimum atomic E-state index is -0.255. The fourth-order valence-corrected chi connectivity index (χ4v) is 4.06. The molecule has 2 amide bonds. The summed E-state index contributed by atoms with van der Waals surface area (Å²) in [5, 5.41) is 9.87. The molecule has 0 saturated heterocycles. The highest BCUT2D eigenvalue weighted by Crippen LogP contribution is 2.31. The highest BCUT2D eigenvalue weighted by molar-refractivity contribution is 6.30. The lowest BCUT2D eigenvalue weighted by Gasteiger charge is -2.07. The number of rotatable bonds is 7. The normalized spacial score (nSPS) is 11.7. The Hall–Kier alpha value is -3.64. The monoisotopic (exact) mass is 460 g/mol. The number of hydrogen-bond donors (Lipinski definition) is 2. The van der Waals surface area contributed by atoms with Crippen LogP contribution in [0, 0.1) is 0 Å². The Morgan fingerprint density at radius 2 is 1.67 bits per heavy atom. The van der Waals surface area contributed by atoms with Crippen molar-refractivity contribution in [3.63, 3.8) is 0 Å². The number of nitrogens with one attached hydrogen (secondary N) is 2. The molecule has 0 atom stereocenters. The second-order valence-corrected chi connectivity index (χ2v) is 8.34. The summed E-state index contributed by atoms with van der Waals surface area (Å²) in [6.07, 6.45) is 0.265. The number of benzene rings is 3. The van der Waals surface area contributed by atoms with E-state index in [9.17, 15) is 9.59 Å². The van der Waals surface area contributed by atoms with Gasteiger partial charge < -0.3 is 9.88 Å². The average Bonchev–Trinajstić information content (AvgIpc) is 3.12. The van der Waals surface area contributed by atoms with Gasteiger partial charge in [-0.2, -0.15) is 5.10 Å². The van der Waals surface area contributed by atoms with E-state index in [2.05, 4.69) is 39.5 Å². The summed E-state index contributed by atoms with van der Waals surface area (Å²) >= 11 is 5.86. The van der Waals surface area contributed by atoms with E-state index < -0.39 is 0 Å². The lowest BCUT2D eigenvalue weighted by atomic mass is 10.1. The van der Waals surface area contributed by atoms with Crippen LogP contribution >= 0.6 is 11.6 Å². The number of para-hydroxylation sites is 1. The molecule has 0 saturated carbocycles. The molecule has 0 radical (unpaired) electrons. The van der Waals surface area contributed by atoms with Crippen LogP contribution in [0.5, 0.6) is 0 Å². The van der Waals surface area contributed by atoms with Crippen LogP contribution < -0.4 is 10.7 Å². The van der Waals surface area contributed by atoms with Gasteiger partial charge in [0.25, 0.3) is 0 Å². The second kappa shape index (κ2) is 9.88. The summed E-state index contributed by atoms with van der Waals surface area (Å²) in [5.41, 5.74) is 6.89. The van der Waals surface area contributed by atoms with Gasteiger partial charge >= 0.3 is 0 Å². The molecule has 0 aliphatic rings. The first-order chi connectivity index (χ1) is 15.9. The molecule has 0 spiro atoms. The van der Waals surface area contributed by atoms with Crippen LogP contribution in [0.25, 0.3) is 21.8 Å². The highest BCUT2D eigenvalue weighted by atomic mass is 35.5. The van der Waals surface area contributed by atoms with Crippen LogP contribution in [-0.2, 0) is 22.6 Å². The number of halogens is 1. The molecule has 1 heterocycles. The first-order valence-electron chi connectivity index (χ1n) is 10.8. The van der Waals surface area contributed by atoms with Gasteiger partial charge in [0, 0.05) is 44.8 Å². The summed E-state index contributed by atoms with van der Waals surface area (Å²) in [4.78, 5) is 24.6. The average molecular weight is 461 g/mol. The van der Waals surface area contributed by atoms with Gasteiger partial charge in [0.15, 0.2) is 0 Å². The second-order valence-electron chi connectivity index (χ2n) is 7.90. The lowest BCUT2D eigenvalue weighted by Crippen LogP contribution is -2.22. The number of carbonyl (C=O) groups is 2. The third kappa shape index (κ3) is 5.23. The van der Waals surface area contributed by atoms with Crippen molar-refractivity contribution >= 4 is 56.6 Å². The molecule has 0 aliphatic carbocycles. The molecule has 1 aromatic heterocycles. The number of hydrazone groups is 1. The predicted molar refractivity (Wildman–Crippen MR) is 135 cm³/mol. The molecule has 3 aromatic carbocycles. The summed E-state index contributed by atoms with van der Waals surface area (Å²) in [6.45, 7) is 4.70. The van der Waals surface area contributed by atoms with E-state index >= 15 is 0 Å². The van der Waals surface area contributed by atoms with Crippen LogP contribution in [0.3, 0.4) is 0 Å². The Balaban J connectivity index is 1.39. The zero-order valence-corrected chi connectivity index (χ0v) is 19.3. The Morgan fingerprint density at radius 1 is 0.939 bits per heavy atom. The maximum atomic E-state index is 12.5. The van der Waals surface area contributed by atoms with Crippen molar-refractivity contribution in [2.75, 3.05) is 5.32 Å². The molecular weight excluding hydrogens is 436 g/mol. The van der Waals surface area contributed by atoms with E-state index in [1.165, 1.54) is 5.52 Å². The maximum Gasteiger partial charge on any atom is 0.244 e. The van der Waals surface area contributed by atoms with E-state index in [1.807, 2.05) is 30.3 Å². The molecule has 0 unspecified atom stereocenters. The van der Waals surface area contributed by atoms with Gasteiger partial charge in [-0.3, -0.25) is 9.59 Å². The number of nitrogens with zero attached hydrogens (tertiary/aromatic N) is 2. The van der Waals surface area contributed by atoms with Crippen molar-refractivity contribution in [2.45, 2.75) is 33.2 Å². The van der Waals surface area contributed by atoms with Gasteiger partial charge in [-0.05, 0) is 55.8 Å². The number of hydrogen-bond acceptors (Lipinski definition) is 3. The topological polar surface area (TPSA) is 75.5 Å². The van der Waals surface area contributed by atoms with Crippen LogP contribution in [0.15, 0.2) is 71.8 Å². The Labute approximate surface area is 197 Å². The molecule has 2 N–H and O–H groups in total. The Morgan fingerprint density at radius 3 is 2.42 bits per heavy atom. The molecule has 0 bridgehead atoms. The van der Waals surface area contributed by atoms with Gasteiger partial charge in [-0.15, -0.1) is 0 Å². The van der Waals surface area contributed by atoms with E-state index in [1.54, 1.807) is 31.2 Å². The van der Waals surface area contributed by atoms with Crippen LogP contribution in [-0.4, -0.2) is 22.1 Å². The van der Waals surface area contributed by atoms with Gasteiger partial charge in [0.2, 0.25) is 11.8 Å². The third-order valence-corrected chi connectivity index (χ3v) is 5.69.